The van der Waals surface area contributed by atoms with Crippen molar-refractivity contribution in [1.29, 1.82) is 0 Å². The second kappa shape index (κ2) is 7.93. The average Bonchev–Trinajstić information content (AvgIpc) is 2.97. The Bertz CT molecular complexity index is 774. The normalized spacial score (nSPS) is 15.5. The smallest absolute Gasteiger partial charge is 0.192 e. The van der Waals surface area contributed by atoms with Gasteiger partial charge < -0.3 is 10.4 Å². The molecule has 4 heteroatoms. The zero-order chi connectivity index (χ0) is 18.7. The van der Waals surface area contributed by atoms with Gasteiger partial charge >= 0.3 is 0 Å². The molecule has 1 aliphatic carbocycles. The molecule has 1 aromatic carbocycles. The van der Waals surface area contributed by atoms with Crippen LogP contribution in [0.5, 0.6) is 0 Å². The average molecular weight is 372 g/mol. The lowest BCUT2D eigenvalue weighted by molar-refractivity contribution is 0.101. The van der Waals surface area contributed by atoms with Crippen molar-refractivity contribution >= 4 is 22.8 Å². The third-order valence-electron chi connectivity index (χ3n) is 5.29. The number of carbonyl (C=O) groups is 1. The number of aliphatic hydroxyl groups excluding tert-OH is 1. The molecule has 0 amide bonds. The van der Waals surface area contributed by atoms with Gasteiger partial charge in [0.2, 0.25) is 0 Å². The standard InChI is InChI=1S/C22H29NO2S/c1-4-20-18-13-22(2,3)11-9-17(18)21(26-20)19(25)14-23-16-7-5-15(6-8-16)10-12-24/h5-8,23-24H,4,9-14H2,1-3H3. The number of thiophene rings is 1. The first-order valence-corrected chi connectivity index (χ1v) is 10.4. The fraction of sp³-hybridized carbons (Fsp3) is 0.500. The number of fused-ring (bicyclic) bond motifs is 1. The molecule has 140 valence electrons. The van der Waals surface area contributed by atoms with Crippen LogP contribution in [0.25, 0.3) is 0 Å². The van der Waals surface area contributed by atoms with Gasteiger partial charge in [-0.25, -0.2) is 0 Å². The van der Waals surface area contributed by atoms with Crippen LogP contribution in [0.4, 0.5) is 5.69 Å². The van der Waals surface area contributed by atoms with Crippen molar-refractivity contribution in [2.24, 2.45) is 5.41 Å². The molecule has 3 rings (SSSR count). The topological polar surface area (TPSA) is 49.3 Å². The lowest BCUT2D eigenvalue weighted by Gasteiger charge is -2.30. The Kier molecular flexibility index (Phi) is 5.83. The van der Waals surface area contributed by atoms with E-state index in [0.717, 1.165) is 41.8 Å². The number of Topliss-reactive ketones (excluding diaryl/α,β-unsaturated/α-hetero) is 1. The highest BCUT2D eigenvalue weighted by Gasteiger charge is 2.31. The SMILES string of the molecule is CCc1sc(C(=O)CNc2ccc(CCO)cc2)c2c1CC(C)(C)CC2. The maximum Gasteiger partial charge on any atom is 0.192 e. The number of carbonyl (C=O) groups excluding carboxylic acids is 1. The number of aryl methyl sites for hydroxylation is 1. The van der Waals surface area contributed by atoms with E-state index >= 15 is 0 Å². The van der Waals surface area contributed by atoms with Crippen molar-refractivity contribution in [3.8, 4) is 0 Å². The molecule has 0 spiro atoms. The first-order valence-electron chi connectivity index (χ1n) is 9.54. The monoisotopic (exact) mass is 371 g/mol. The minimum atomic E-state index is 0.158. The predicted octanol–water partition coefficient (Wildman–Crippen LogP) is 4.66. The van der Waals surface area contributed by atoms with E-state index in [1.807, 2.05) is 24.3 Å². The lowest BCUT2D eigenvalue weighted by atomic mass is 9.74. The number of hydrogen-bond acceptors (Lipinski definition) is 4. The molecule has 26 heavy (non-hydrogen) atoms. The minimum Gasteiger partial charge on any atom is -0.396 e. The molecule has 0 bridgehead atoms. The van der Waals surface area contributed by atoms with Gasteiger partial charge in [-0.3, -0.25) is 4.79 Å². The van der Waals surface area contributed by atoms with Gasteiger partial charge in [0.15, 0.2) is 5.78 Å². The van der Waals surface area contributed by atoms with Gasteiger partial charge in [-0.15, -0.1) is 11.3 Å². The van der Waals surface area contributed by atoms with Crippen LogP contribution in [-0.2, 0) is 25.7 Å². The Labute approximate surface area is 160 Å². The van der Waals surface area contributed by atoms with Crippen LogP contribution in [0, 0.1) is 5.41 Å². The maximum atomic E-state index is 12.9. The fourth-order valence-electron chi connectivity index (χ4n) is 3.74. The van der Waals surface area contributed by atoms with E-state index < -0.39 is 0 Å². The van der Waals surface area contributed by atoms with Gasteiger partial charge in [0.25, 0.3) is 0 Å². The Morgan fingerprint density at radius 1 is 1.23 bits per heavy atom. The largest absolute Gasteiger partial charge is 0.396 e. The molecule has 3 nitrogen and oxygen atoms in total. The maximum absolute atomic E-state index is 12.9. The minimum absolute atomic E-state index is 0.158. The molecule has 0 atom stereocenters. The van der Waals surface area contributed by atoms with Crippen LogP contribution in [0.3, 0.4) is 0 Å². The molecule has 0 saturated carbocycles. The molecule has 2 N–H and O–H groups in total. The van der Waals surface area contributed by atoms with E-state index in [4.69, 9.17) is 5.11 Å². The van der Waals surface area contributed by atoms with Crippen LogP contribution in [0.15, 0.2) is 24.3 Å². The van der Waals surface area contributed by atoms with E-state index in [-0.39, 0.29) is 12.4 Å². The number of aliphatic hydroxyl groups is 1. The fourth-order valence-corrected chi connectivity index (χ4v) is 4.99. The van der Waals surface area contributed by atoms with Crippen molar-refractivity contribution in [2.75, 3.05) is 18.5 Å². The zero-order valence-electron chi connectivity index (χ0n) is 16.0. The summed E-state index contributed by atoms with van der Waals surface area (Å²) in [5, 5.41) is 12.2. The van der Waals surface area contributed by atoms with Crippen molar-refractivity contribution in [1.82, 2.24) is 0 Å². The Hall–Kier alpha value is -1.65. The molecule has 2 aromatic rings. The molecule has 0 saturated heterocycles. The molecule has 0 unspecified atom stereocenters. The Morgan fingerprint density at radius 2 is 1.96 bits per heavy atom. The Morgan fingerprint density at radius 3 is 2.62 bits per heavy atom. The van der Waals surface area contributed by atoms with Gasteiger partial charge in [0.05, 0.1) is 11.4 Å². The van der Waals surface area contributed by atoms with Gasteiger partial charge in [-0.2, -0.15) is 0 Å². The number of benzene rings is 1. The molecule has 0 radical (unpaired) electrons. The molecular weight excluding hydrogens is 342 g/mol. The summed E-state index contributed by atoms with van der Waals surface area (Å²) in [5.74, 6) is 0.199. The second-order valence-electron chi connectivity index (χ2n) is 7.95. The Balaban J connectivity index is 1.71. The van der Waals surface area contributed by atoms with Crippen molar-refractivity contribution in [3.63, 3.8) is 0 Å². The number of ketones is 1. The summed E-state index contributed by atoms with van der Waals surface area (Å²) < 4.78 is 0. The van der Waals surface area contributed by atoms with Crippen molar-refractivity contribution in [3.05, 3.63) is 50.7 Å². The molecule has 0 aliphatic heterocycles. The van der Waals surface area contributed by atoms with E-state index in [2.05, 4.69) is 26.1 Å². The van der Waals surface area contributed by atoms with Crippen molar-refractivity contribution < 1.29 is 9.90 Å². The van der Waals surface area contributed by atoms with Crippen LogP contribution < -0.4 is 5.32 Å². The quantitative estimate of drug-likeness (QED) is 0.696. The highest BCUT2D eigenvalue weighted by atomic mass is 32.1. The summed E-state index contributed by atoms with van der Waals surface area (Å²) in [6, 6.07) is 7.94. The summed E-state index contributed by atoms with van der Waals surface area (Å²) in [5.41, 5.74) is 5.16. The van der Waals surface area contributed by atoms with Gasteiger partial charge in [-0.1, -0.05) is 32.9 Å². The van der Waals surface area contributed by atoms with Crippen LogP contribution >= 0.6 is 11.3 Å². The number of anilines is 1. The van der Waals surface area contributed by atoms with Crippen LogP contribution in [0.2, 0.25) is 0 Å². The zero-order valence-corrected chi connectivity index (χ0v) is 16.8. The first-order chi connectivity index (χ1) is 12.4. The lowest BCUT2D eigenvalue weighted by Crippen LogP contribution is -2.23. The first kappa shape index (κ1) is 19.1. The summed E-state index contributed by atoms with van der Waals surface area (Å²) in [4.78, 5) is 15.2. The summed E-state index contributed by atoms with van der Waals surface area (Å²) in [6.45, 7) is 7.34. The van der Waals surface area contributed by atoms with E-state index in [0.29, 0.717) is 18.4 Å². The number of nitrogens with one attached hydrogen (secondary N) is 1. The molecule has 1 aromatic heterocycles. The third kappa shape index (κ3) is 4.18. The van der Waals surface area contributed by atoms with Crippen LogP contribution in [0.1, 0.15) is 58.4 Å². The highest BCUT2D eigenvalue weighted by molar-refractivity contribution is 7.14. The van der Waals surface area contributed by atoms with Gasteiger partial charge in [0.1, 0.15) is 0 Å². The number of rotatable bonds is 7. The predicted molar refractivity (Wildman–Crippen MR) is 110 cm³/mol. The van der Waals surface area contributed by atoms with E-state index in [1.165, 1.54) is 16.0 Å². The second-order valence-corrected chi connectivity index (χ2v) is 9.06. The van der Waals surface area contributed by atoms with Gasteiger partial charge in [0, 0.05) is 17.2 Å². The summed E-state index contributed by atoms with van der Waals surface area (Å²) in [6.07, 6.45) is 4.94. The van der Waals surface area contributed by atoms with E-state index in [9.17, 15) is 4.79 Å². The van der Waals surface area contributed by atoms with Gasteiger partial charge in [-0.05, 0) is 66.3 Å². The summed E-state index contributed by atoms with van der Waals surface area (Å²) >= 11 is 1.71. The molecule has 1 heterocycles. The van der Waals surface area contributed by atoms with Crippen molar-refractivity contribution in [2.45, 2.75) is 52.9 Å². The highest BCUT2D eigenvalue weighted by Crippen LogP contribution is 2.41. The molecular formula is C22H29NO2S. The third-order valence-corrected chi connectivity index (χ3v) is 6.75. The molecule has 0 fully saturated rings. The summed E-state index contributed by atoms with van der Waals surface area (Å²) in [7, 11) is 0. The van der Waals surface area contributed by atoms with E-state index in [1.54, 1.807) is 11.3 Å². The van der Waals surface area contributed by atoms with Crippen LogP contribution in [-0.4, -0.2) is 24.0 Å². The molecule has 1 aliphatic rings. The number of hydrogen-bond donors (Lipinski definition) is 2.